The Balaban J connectivity index is 2.18. The maximum Gasteiger partial charge on any atom is 0.328 e. The van der Waals surface area contributed by atoms with E-state index in [2.05, 4.69) is 25.3 Å². The quantitative estimate of drug-likeness (QED) is 0.631. The van der Waals surface area contributed by atoms with Gasteiger partial charge in [-0.2, -0.15) is 0 Å². The van der Waals surface area contributed by atoms with Crippen LogP contribution in [0.15, 0.2) is 24.5 Å². The average Bonchev–Trinajstić information content (AvgIpc) is 3.11. The number of methoxy groups -OCH3 is 1. The normalized spacial score (nSPS) is 11.8. The highest BCUT2D eigenvalue weighted by Gasteiger charge is 2.28. The summed E-state index contributed by atoms with van der Waals surface area (Å²) in [4.78, 5) is 43.3. The van der Waals surface area contributed by atoms with Gasteiger partial charge in [-0.25, -0.2) is 9.78 Å². The number of nitrogens with one attached hydrogen (secondary N) is 3. The van der Waals surface area contributed by atoms with Gasteiger partial charge in [0, 0.05) is 5.69 Å². The van der Waals surface area contributed by atoms with E-state index in [9.17, 15) is 14.4 Å². The van der Waals surface area contributed by atoms with Gasteiger partial charge < -0.3 is 20.4 Å². The molecule has 144 valence electrons. The zero-order valence-corrected chi connectivity index (χ0v) is 16.3. The first-order valence-corrected chi connectivity index (χ1v) is 8.68. The number of aromatic amines is 1. The minimum Gasteiger partial charge on any atom is -0.467 e. The molecule has 1 atom stereocenters. The Morgan fingerprint density at radius 2 is 1.85 bits per heavy atom. The van der Waals surface area contributed by atoms with Gasteiger partial charge in [-0.05, 0) is 24.1 Å². The highest BCUT2D eigenvalue weighted by atomic mass is 35.5. The molecule has 0 aliphatic carbocycles. The zero-order valence-electron chi connectivity index (χ0n) is 14.8. The lowest BCUT2D eigenvalue weighted by Gasteiger charge is -2.19. The van der Waals surface area contributed by atoms with Crippen molar-refractivity contribution in [2.45, 2.75) is 19.9 Å². The highest BCUT2D eigenvalue weighted by Crippen LogP contribution is 2.25. The lowest BCUT2D eigenvalue weighted by molar-refractivity contribution is -0.144. The Morgan fingerprint density at radius 1 is 1.15 bits per heavy atom. The fourth-order valence-electron chi connectivity index (χ4n) is 2.24. The molecule has 0 aliphatic rings. The third kappa shape index (κ3) is 4.99. The molecule has 8 nitrogen and oxygen atoms in total. The molecular formula is C17H18Cl2N4O4. The van der Waals surface area contributed by atoms with Gasteiger partial charge in [0.15, 0.2) is 5.69 Å². The predicted octanol–water partition coefficient (Wildman–Crippen LogP) is 2.90. The van der Waals surface area contributed by atoms with Crippen LogP contribution in [-0.2, 0) is 9.53 Å². The van der Waals surface area contributed by atoms with E-state index in [4.69, 9.17) is 23.2 Å². The van der Waals surface area contributed by atoms with Gasteiger partial charge in [-0.15, -0.1) is 0 Å². The monoisotopic (exact) mass is 412 g/mol. The molecule has 0 bridgehead atoms. The molecule has 3 N–H and O–H groups in total. The maximum atomic E-state index is 12.5. The number of anilines is 1. The molecular weight excluding hydrogens is 395 g/mol. The molecule has 10 heteroatoms. The van der Waals surface area contributed by atoms with E-state index in [1.165, 1.54) is 25.6 Å². The molecule has 0 radical (unpaired) electrons. The number of H-pyrrole nitrogens is 1. The summed E-state index contributed by atoms with van der Waals surface area (Å²) in [5, 5.41) is 5.74. The minimum atomic E-state index is -0.864. The standard InChI is InChI=1S/C17H18Cl2N4O4/c1-8(2)12(17(26)27-3)23-16(25)14-13(20-7-21-14)15(24)22-9-4-5-10(18)11(19)6-9/h4-8,12H,1-3H3,(H,20,21)(H,22,24)(H,23,25)/t12-/m0/s1. The number of carbonyl (C=O) groups is 3. The smallest absolute Gasteiger partial charge is 0.328 e. The summed E-state index contributed by atoms with van der Waals surface area (Å²) in [6, 6.07) is 3.70. The maximum absolute atomic E-state index is 12.5. The van der Waals surface area contributed by atoms with Gasteiger partial charge in [0.1, 0.15) is 11.7 Å². The number of nitrogens with zero attached hydrogens (tertiary/aromatic N) is 1. The molecule has 0 fully saturated rings. The molecule has 0 aliphatic heterocycles. The number of halogens is 2. The Hall–Kier alpha value is -2.58. The molecule has 2 rings (SSSR count). The van der Waals surface area contributed by atoms with Gasteiger partial charge in [-0.1, -0.05) is 37.0 Å². The lowest BCUT2D eigenvalue weighted by Crippen LogP contribution is -2.45. The van der Waals surface area contributed by atoms with Crippen LogP contribution < -0.4 is 10.6 Å². The largest absolute Gasteiger partial charge is 0.467 e. The third-order valence-electron chi connectivity index (χ3n) is 3.67. The zero-order chi connectivity index (χ0) is 20.1. The number of imidazole rings is 1. The van der Waals surface area contributed by atoms with Gasteiger partial charge in [0.2, 0.25) is 0 Å². The van der Waals surface area contributed by atoms with Crippen LogP contribution in [0.3, 0.4) is 0 Å². The van der Waals surface area contributed by atoms with Gasteiger partial charge >= 0.3 is 5.97 Å². The summed E-state index contributed by atoms with van der Waals surface area (Å²) in [5.74, 6) is -2.08. The van der Waals surface area contributed by atoms with Crippen molar-refractivity contribution in [1.82, 2.24) is 15.3 Å². The van der Waals surface area contributed by atoms with E-state index < -0.39 is 23.8 Å². The second kappa shape index (κ2) is 8.88. The SMILES string of the molecule is COC(=O)[C@@H](NC(=O)c1[nH]cnc1C(=O)Nc1ccc(Cl)c(Cl)c1)C(C)C. The van der Waals surface area contributed by atoms with Crippen LogP contribution >= 0.6 is 23.2 Å². The van der Waals surface area contributed by atoms with Gasteiger partial charge in [0.25, 0.3) is 11.8 Å². The van der Waals surface area contributed by atoms with Crippen molar-refractivity contribution < 1.29 is 19.1 Å². The van der Waals surface area contributed by atoms with E-state index in [1.807, 2.05) is 0 Å². The van der Waals surface area contributed by atoms with Crippen LogP contribution in [0.25, 0.3) is 0 Å². The van der Waals surface area contributed by atoms with Crippen molar-refractivity contribution in [1.29, 1.82) is 0 Å². The van der Waals surface area contributed by atoms with E-state index in [-0.39, 0.29) is 22.3 Å². The van der Waals surface area contributed by atoms with Crippen LogP contribution in [-0.4, -0.2) is 40.9 Å². The van der Waals surface area contributed by atoms with Crippen LogP contribution in [0.5, 0.6) is 0 Å². The fourth-order valence-corrected chi connectivity index (χ4v) is 2.54. The van der Waals surface area contributed by atoms with Crippen LogP contribution in [0.2, 0.25) is 10.0 Å². The summed E-state index contributed by atoms with van der Waals surface area (Å²) in [6.45, 7) is 3.51. The number of aromatic nitrogens is 2. The molecule has 2 aromatic rings. The van der Waals surface area contributed by atoms with Crippen molar-refractivity contribution in [2.75, 3.05) is 12.4 Å². The number of esters is 1. The van der Waals surface area contributed by atoms with Gasteiger partial charge in [0.05, 0.1) is 23.5 Å². The first-order chi connectivity index (χ1) is 12.7. The third-order valence-corrected chi connectivity index (χ3v) is 4.41. The highest BCUT2D eigenvalue weighted by molar-refractivity contribution is 6.42. The van der Waals surface area contributed by atoms with E-state index in [1.54, 1.807) is 19.9 Å². The number of amides is 2. The predicted molar refractivity (Wildman–Crippen MR) is 101 cm³/mol. The Kier molecular flexibility index (Phi) is 6.81. The number of ether oxygens (including phenoxy) is 1. The van der Waals surface area contributed by atoms with Crippen LogP contribution in [0.4, 0.5) is 5.69 Å². The van der Waals surface area contributed by atoms with Crippen LogP contribution in [0, 0.1) is 5.92 Å². The average molecular weight is 413 g/mol. The molecule has 1 aromatic carbocycles. The Bertz CT molecular complexity index is 866. The van der Waals surface area contributed by atoms with E-state index in [0.29, 0.717) is 10.7 Å². The summed E-state index contributed by atoms with van der Waals surface area (Å²) in [6.07, 6.45) is 1.21. The molecule has 1 aromatic heterocycles. The number of hydrogen-bond donors (Lipinski definition) is 3. The number of hydrogen-bond acceptors (Lipinski definition) is 5. The Labute approximate surface area is 165 Å². The number of benzene rings is 1. The first-order valence-electron chi connectivity index (χ1n) is 7.93. The minimum absolute atomic E-state index is 0.0814. The number of carbonyl (C=O) groups excluding carboxylic acids is 3. The first kappa shape index (κ1) is 20.7. The second-order valence-corrected chi connectivity index (χ2v) is 6.74. The summed E-state index contributed by atoms with van der Waals surface area (Å²) >= 11 is 11.8. The van der Waals surface area contributed by atoms with Gasteiger partial charge in [-0.3, -0.25) is 9.59 Å². The topological polar surface area (TPSA) is 113 Å². The molecule has 1 heterocycles. The fraction of sp³-hybridized carbons (Fsp3) is 0.294. The molecule has 0 unspecified atom stereocenters. The lowest BCUT2D eigenvalue weighted by atomic mass is 10.0. The Morgan fingerprint density at radius 3 is 2.44 bits per heavy atom. The van der Waals surface area contributed by atoms with Crippen molar-refractivity contribution in [3.05, 3.63) is 46.0 Å². The summed E-state index contributed by atoms with van der Waals surface area (Å²) in [7, 11) is 1.23. The molecule has 0 spiro atoms. The molecule has 2 amide bonds. The molecule has 0 saturated heterocycles. The number of rotatable bonds is 6. The van der Waals surface area contributed by atoms with Crippen molar-refractivity contribution in [3.63, 3.8) is 0 Å². The van der Waals surface area contributed by atoms with E-state index >= 15 is 0 Å². The van der Waals surface area contributed by atoms with Crippen molar-refractivity contribution >= 4 is 46.7 Å². The van der Waals surface area contributed by atoms with Crippen molar-refractivity contribution in [3.8, 4) is 0 Å². The summed E-state index contributed by atoms with van der Waals surface area (Å²) in [5.41, 5.74) is 0.173. The van der Waals surface area contributed by atoms with Crippen molar-refractivity contribution in [2.24, 2.45) is 5.92 Å². The summed E-state index contributed by atoms with van der Waals surface area (Å²) < 4.78 is 4.69. The van der Waals surface area contributed by atoms with E-state index in [0.717, 1.165) is 0 Å². The van der Waals surface area contributed by atoms with Crippen LogP contribution in [0.1, 0.15) is 34.8 Å². The second-order valence-electron chi connectivity index (χ2n) is 5.93. The molecule has 0 saturated carbocycles. The molecule has 27 heavy (non-hydrogen) atoms.